The van der Waals surface area contributed by atoms with Crippen LogP contribution in [0.2, 0.25) is 5.02 Å². The van der Waals surface area contributed by atoms with Crippen LogP contribution in [0.4, 0.5) is 0 Å². The lowest BCUT2D eigenvalue weighted by Crippen LogP contribution is -2.46. The highest BCUT2D eigenvalue weighted by Crippen LogP contribution is 2.21. The highest BCUT2D eigenvalue weighted by Gasteiger charge is 2.22. The van der Waals surface area contributed by atoms with Crippen molar-refractivity contribution in [1.82, 2.24) is 10.2 Å². The SMILES string of the molecule is CC(=O)N(CCC(=O)NC(C)(C)Cc1ccccc1Cl)Cc1ccccc1. The normalized spacial score (nSPS) is 11.1. The van der Waals surface area contributed by atoms with Crippen LogP contribution in [-0.2, 0) is 22.6 Å². The van der Waals surface area contributed by atoms with E-state index < -0.39 is 5.54 Å². The van der Waals surface area contributed by atoms with Crippen LogP contribution in [0.5, 0.6) is 0 Å². The average Bonchev–Trinajstić information content (AvgIpc) is 2.60. The third-order valence-corrected chi connectivity index (χ3v) is 4.71. The maximum Gasteiger partial charge on any atom is 0.222 e. The highest BCUT2D eigenvalue weighted by molar-refractivity contribution is 6.31. The molecule has 0 radical (unpaired) electrons. The molecule has 27 heavy (non-hydrogen) atoms. The first-order valence-corrected chi connectivity index (χ1v) is 9.48. The number of nitrogens with one attached hydrogen (secondary N) is 1. The molecule has 0 aromatic heterocycles. The molecule has 0 saturated carbocycles. The molecule has 2 aromatic carbocycles. The maximum atomic E-state index is 12.4. The molecule has 0 aliphatic rings. The van der Waals surface area contributed by atoms with E-state index in [9.17, 15) is 9.59 Å². The van der Waals surface area contributed by atoms with Crippen LogP contribution in [-0.4, -0.2) is 28.8 Å². The lowest BCUT2D eigenvalue weighted by atomic mass is 9.94. The van der Waals surface area contributed by atoms with E-state index in [1.54, 1.807) is 4.90 Å². The fraction of sp³-hybridized carbons (Fsp3) is 0.364. The van der Waals surface area contributed by atoms with E-state index in [1.807, 2.05) is 68.4 Å². The summed E-state index contributed by atoms with van der Waals surface area (Å²) in [6, 6.07) is 17.4. The third-order valence-electron chi connectivity index (χ3n) is 4.34. The minimum Gasteiger partial charge on any atom is -0.351 e. The Hall–Kier alpha value is -2.33. The number of amides is 2. The van der Waals surface area contributed by atoms with Gasteiger partial charge in [0.05, 0.1) is 0 Å². The minimum atomic E-state index is -0.428. The molecule has 0 atom stereocenters. The number of benzene rings is 2. The summed E-state index contributed by atoms with van der Waals surface area (Å²) in [4.78, 5) is 26.0. The Morgan fingerprint density at radius 2 is 1.67 bits per heavy atom. The molecule has 0 bridgehead atoms. The van der Waals surface area contributed by atoms with Gasteiger partial charge in [0.1, 0.15) is 0 Å². The summed E-state index contributed by atoms with van der Waals surface area (Å²) in [5, 5.41) is 3.75. The van der Waals surface area contributed by atoms with Crippen molar-refractivity contribution in [3.05, 3.63) is 70.7 Å². The highest BCUT2D eigenvalue weighted by atomic mass is 35.5. The van der Waals surface area contributed by atoms with E-state index in [0.29, 0.717) is 24.5 Å². The molecule has 0 aliphatic carbocycles. The van der Waals surface area contributed by atoms with Gasteiger partial charge in [-0.2, -0.15) is 0 Å². The molecule has 2 aromatic rings. The predicted octanol–water partition coefficient (Wildman–Crippen LogP) is 4.22. The van der Waals surface area contributed by atoms with Gasteiger partial charge in [0, 0.05) is 37.0 Å². The van der Waals surface area contributed by atoms with Crippen LogP contribution < -0.4 is 5.32 Å². The maximum absolute atomic E-state index is 12.4. The fourth-order valence-corrected chi connectivity index (χ4v) is 3.19. The smallest absolute Gasteiger partial charge is 0.222 e. The van der Waals surface area contributed by atoms with Gasteiger partial charge in [-0.05, 0) is 37.5 Å². The molecular formula is C22H27ClN2O2. The van der Waals surface area contributed by atoms with Gasteiger partial charge in [-0.3, -0.25) is 9.59 Å². The van der Waals surface area contributed by atoms with E-state index >= 15 is 0 Å². The molecule has 4 nitrogen and oxygen atoms in total. The number of carbonyl (C=O) groups is 2. The Morgan fingerprint density at radius 3 is 2.30 bits per heavy atom. The van der Waals surface area contributed by atoms with Crippen molar-refractivity contribution in [3.63, 3.8) is 0 Å². The molecule has 0 unspecified atom stereocenters. The molecule has 0 heterocycles. The predicted molar refractivity (Wildman–Crippen MR) is 110 cm³/mol. The van der Waals surface area contributed by atoms with Crippen molar-refractivity contribution in [3.8, 4) is 0 Å². The summed E-state index contributed by atoms with van der Waals surface area (Å²) in [6.45, 7) is 6.37. The second-order valence-corrected chi connectivity index (χ2v) is 7.78. The van der Waals surface area contributed by atoms with Crippen molar-refractivity contribution in [2.24, 2.45) is 0 Å². The van der Waals surface area contributed by atoms with Crippen molar-refractivity contribution in [2.45, 2.75) is 45.7 Å². The summed E-state index contributed by atoms with van der Waals surface area (Å²) in [5.41, 5.74) is 1.62. The van der Waals surface area contributed by atoms with Crippen molar-refractivity contribution in [2.75, 3.05) is 6.54 Å². The molecular weight excluding hydrogens is 360 g/mol. The first kappa shape index (κ1) is 21.0. The number of rotatable bonds is 8. The molecule has 5 heteroatoms. The topological polar surface area (TPSA) is 49.4 Å². The van der Waals surface area contributed by atoms with Crippen molar-refractivity contribution in [1.29, 1.82) is 0 Å². The number of carbonyl (C=O) groups excluding carboxylic acids is 2. The molecule has 0 fully saturated rings. The zero-order chi connectivity index (χ0) is 19.9. The number of halogens is 1. The van der Waals surface area contributed by atoms with E-state index in [0.717, 1.165) is 11.1 Å². The second kappa shape index (κ2) is 9.56. The Kier molecular flexibility index (Phi) is 7.43. The molecule has 2 rings (SSSR count). The molecule has 0 saturated heterocycles. The summed E-state index contributed by atoms with van der Waals surface area (Å²) >= 11 is 6.22. The molecule has 2 amide bonds. The van der Waals surface area contributed by atoms with Crippen molar-refractivity contribution < 1.29 is 9.59 Å². The lowest BCUT2D eigenvalue weighted by Gasteiger charge is -2.28. The van der Waals surface area contributed by atoms with Crippen LogP contribution in [0.1, 0.15) is 38.3 Å². The van der Waals surface area contributed by atoms with Gasteiger partial charge in [-0.1, -0.05) is 60.1 Å². The lowest BCUT2D eigenvalue weighted by molar-refractivity contribution is -0.130. The van der Waals surface area contributed by atoms with Gasteiger partial charge < -0.3 is 10.2 Å². The van der Waals surface area contributed by atoms with Gasteiger partial charge >= 0.3 is 0 Å². The Bertz CT molecular complexity index is 775. The van der Waals surface area contributed by atoms with Crippen LogP contribution in [0, 0.1) is 0 Å². The number of hydrogen-bond acceptors (Lipinski definition) is 2. The van der Waals surface area contributed by atoms with Gasteiger partial charge in [0.25, 0.3) is 0 Å². The van der Waals surface area contributed by atoms with E-state index in [-0.39, 0.29) is 18.2 Å². The second-order valence-electron chi connectivity index (χ2n) is 7.38. The Balaban J connectivity index is 1.89. The van der Waals surface area contributed by atoms with E-state index in [2.05, 4.69) is 5.32 Å². The minimum absolute atomic E-state index is 0.0398. The van der Waals surface area contributed by atoms with Crippen LogP contribution >= 0.6 is 11.6 Å². The van der Waals surface area contributed by atoms with Gasteiger partial charge in [0.2, 0.25) is 11.8 Å². The molecule has 0 spiro atoms. The van der Waals surface area contributed by atoms with E-state index in [1.165, 1.54) is 6.92 Å². The Labute approximate surface area is 166 Å². The van der Waals surface area contributed by atoms with Gasteiger partial charge in [0.15, 0.2) is 0 Å². The largest absolute Gasteiger partial charge is 0.351 e. The first-order valence-electron chi connectivity index (χ1n) is 9.11. The summed E-state index contributed by atoms with van der Waals surface area (Å²) in [6.07, 6.45) is 0.900. The summed E-state index contributed by atoms with van der Waals surface area (Å²) in [7, 11) is 0. The average molecular weight is 387 g/mol. The van der Waals surface area contributed by atoms with Gasteiger partial charge in [-0.15, -0.1) is 0 Å². The molecule has 1 N–H and O–H groups in total. The van der Waals surface area contributed by atoms with Crippen molar-refractivity contribution >= 4 is 23.4 Å². The molecule has 144 valence electrons. The zero-order valence-corrected chi connectivity index (χ0v) is 16.9. The zero-order valence-electron chi connectivity index (χ0n) is 16.2. The number of nitrogens with zero attached hydrogens (tertiary/aromatic N) is 1. The van der Waals surface area contributed by atoms with Crippen LogP contribution in [0.3, 0.4) is 0 Å². The van der Waals surface area contributed by atoms with Gasteiger partial charge in [-0.25, -0.2) is 0 Å². The third kappa shape index (κ3) is 7.06. The summed E-state index contributed by atoms with van der Waals surface area (Å²) < 4.78 is 0. The fourth-order valence-electron chi connectivity index (χ4n) is 2.99. The monoisotopic (exact) mass is 386 g/mol. The standard InChI is InChI=1S/C22H27ClN2O2/c1-17(26)25(16-18-9-5-4-6-10-18)14-13-21(27)24-22(2,3)15-19-11-7-8-12-20(19)23/h4-12H,13-16H2,1-3H3,(H,24,27). The molecule has 0 aliphatic heterocycles. The first-order chi connectivity index (χ1) is 12.8. The Morgan fingerprint density at radius 1 is 1.04 bits per heavy atom. The quantitative estimate of drug-likeness (QED) is 0.738. The number of hydrogen-bond donors (Lipinski definition) is 1. The van der Waals surface area contributed by atoms with Crippen LogP contribution in [0.15, 0.2) is 54.6 Å². The summed E-state index contributed by atoms with van der Waals surface area (Å²) in [5.74, 6) is -0.117. The van der Waals surface area contributed by atoms with Crippen LogP contribution in [0.25, 0.3) is 0 Å². The van der Waals surface area contributed by atoms with E-state index in [4.69, 9.17) is 11.6 Å².